The largest absolute Gasteiger partial charge is 0.505 e. The van der Waals surface area contributed by atoms with Crippen LogP contribution in [0.2, 0.25) is 0 Å². The molecular formula is C10H11BN2O3. The Balaban J connectivity index is 2.63. The third-order valence-corrected chi connectivity index (χ3v) is 2.43. The SMILES string of the molecule is CNC(=O)c1cccc2[nH]c(B(O)O)cc12. The first-order valence-electron chi connectivity index (χ1n) is 4.83. The van der Waals surface area contributed by atoms with Gasteiger partial charge in [-0.25, -0.2) is 0 Å². The second-order valence-electron chi connectivity index (χ2n) is 3.44. The predicted molar refractivity (Wildman–Crippen MR) is 61.5 cm³/mol. The van der Waals surface area contributed by atoms with Crippen molar-refractivity contribution in [3.63, 3.8) is 0 Å². The van der Waals surface area contributed by atoms with Crippen LogP contribution in [0.5, 0.6) is 0 Å². The maximum Gasteiger partial charge on any atom is 0.505 e. The summed E-state index contributed by atoms with van der Waals surface area (Å²) in [6, 6.07) is 6.75. The Morgan fingerprint density at radius 2 is 2.19 bits per heavy atom. The summed E-state index contributed by atoms with van der Waals surface area (Å²) >= 11 is 0. The van der Waals surface area contributed by atoms with Gasteiger partial charge < -0.3 is 20.3 Å². The van der Waals surface area contributed by atoms with Gasteiger partial charge in [-0.1, -0.05) is 6.07 Å². The Morgan fingerprint density at radius 3 is 2.81 bits per heavy atom. The zero-order valence-corrected chi connectivity index (χ0v) is 8.69. The van der Waals surface area contributed by atoms with E-state index in [1.165, 1.54) is 0 Å². The molecule has 0 atom stereocenters. The van der Waals surface area contributed by atoms with Gasteiger partial charge in [0.25, 0.3) is 5.91 Å². The molecule has 0 aliphatic rings. The highest BCUT2D eigenvalue weighted by molar-refractivity contribution is 6.58. The van der Waals surface area contributed by atoms with Crippen molar-refractivity contribution in [3.8, 4) is 0 Å². The maximum absolute atomic E-state index is 11.6. The molecule has 0 bridgehead atoms. The Morgan fingerprint density at radius 1 is 1.44 bits per heavy atom. The molecule has 0 unspecified atom stereocenters. The third kappa shape index (κ3) is 1.68. The number of carbonyl (C=O) groups is 1. The molecule has 1 heterocycles. The summed E-state index contributed by atoms with van der Waals surface area (Å²) in [6.07, 6.45) is 0. The van der Waals surface area contributed by atoms with Crippen molar-refractivity contribution in [3.05, 3.63) is 29.8 Å². The molecule has 1 amide bonds. The molecule has 4 N–H and O–H groups in total. The van der Waals surface area contributed by atoms with Crippen LogP contribution in [0, 0.1) is 0 Å². The summed E-state index contributed by atoms with van der Waals surface area (Å²) in [6.45, 7) is 0. The van der Waals surface area contributed by atoms with E-state index in [4.69, 9.17) is 10.0 Å². The number of carbonyl (C=O) groups excluding carboxylic acids is 1. The van der Waals surface area contributed by atoms with E-state index >= 15 is 0 Å². The quantitative estimate of drug-likeness (QED) is 0.498. The Bertz CT molecular complexity index is 536. The van der Waals surface area contributed by atoms with Gasteiger partial charge in [-0.15, -0.1) is 0 Å². The van der Waals surface area contributed by atoms with Gasteiger partial charge >= 0.3 is 7.12 Å². The number of hydrogen-bond acceptors (Lipinski definition) is 3. The van der Waals surface area contributed by atoms with E-state index in [0.29, 0.717) is 16.5 Å². The zero-order chi connectivity index (χ0) is 11.7. The smallest absolute Gasteiger partial charge is 0.422 e. The average molecular weight is 218 g/mol. The molecule has 6 heteroatoms. The molecule has 1 aromatic heterocycles. The van der Waals surface area contributed by atoms with Crippen molar-refractivity contribution in [2.75, 3.05) is 7.05 Å². The number of rotatable bonds is 2. The second-order valence-corrected chi connectivity index (χ2v) is 3.44. The van der Waals surface area contributed by atoms with Crippen molar-refractivity contribution in [1.29, 1.82) is 0 Å². The lowest BCUT2D eigenvalue weighted by molar-refractivity contribution is 0.0964. The van der Waals surface area contributed by atoms with Crippen LogP contribution in [0.15, 0.2) is 24.3 Å². The Kier molecular flexibility index (Phi) is 2.68. The van der Waals surface area contributed by atoms with Crippen LogP contribution in [0.4, 0.5) is 0 Å². The van der Waals surface area contributed by atoms with Gasteiger partial charge in [0.15, 0.2) is 0 Å². The standard InChI is InChI=1S/C10H11BN2O3/c1-12-10(14)6-3-2-4-8-7(6)5-9(13-8)11(15)16/h2-5,13,15-16H,1H3,(H,12,14). The van der Waals surface area contributed by atoms with Crippen molar-refractivity contribution in [2.24, 2.45) is 0 Å². The first kappa shape index (κ1) is 10.7. The van der Waals surface area contributed by atoms with Crippen LogP contribution >= 0.6 is 0 Å². The van der Waals surface area contributed by atoms with Crippen LogP contribution in [0.3, 0.4) is 0 Å². The number of fused-ring (bicyclic) bond motifs is 1. The highest BCUT2D eigenvalue weighted by Gasteiger charge is 2.16. The molecule has 0 aliphatic heterocycles. The maximum atomic E-state index is 11.6. The molecule has 0 fully saturated rings. The summed E-state index contributed by atoms with van der Waals surface area (Å²) in [7, 11) is -0.0137. The van der Waals surface area contributed by atoms with Crippen LogP contribution in [0.1, 0.15) is 10.4 Å². The van der Waals surface area contributed by atoms with Crippen LogP contribution in [0.25, 0.3) is 10.9 Å². The fourth-order valence-electron chi connectivity index (χ4n) is 1.65. The van der Waals surface area contributed by atoms with E-state index in [1.807, 2.05) is 0 Å². The summed E-state index contributed by atoms with van der Waals surface area (Å²) in [5, 5.41) is 21.3. The van der Waals surface area contributed by atoms with Gasteiger partial charge in [0, 0.05) is 29.1 Å². The number of nitrogens with one attached hydrogen (secondary N) is 2. The average Bonchev–Trinajstić information content (AvgIpc) is 2.71. The highest BCUT2D eigenvalue weighted by Crippen LogP contribution is 2.16. The first-order valence-corrected chi connectivity index (χ1v) is 4.83. The van der Waals surface area contributed by atoms with Crippen LogP contribution in [-0.4, -0.2) is 35.1 Å². The lowest BCUT2D eigenvalue weighted by atomic mass is 9.86. The van der Waals surface area contributed by atoms with Gasteiger partial charge in [0.05, 0.1) is 0 Å². The fraction of sp³-hybridized carbons (Fsp3) is 0.100. The number of H-pyrrole nitrogens is 1. The minimum Gasteiger partial charge on any atom is -0.422 e. The Labute approximate surface area is 92.2 Å². The third-order valence-electron chi connectivity index (χ3n) is 2.43. The van der Waals surface area contributed by atoms with Crippen molar-refractivity contribution >= 4 is 29.5 Å². The van der Waals surface area contributed by atoms with Crippen molar-refractivity contribution < 1.29 is 14.8 Å². The highest BCUT2D eigenvalue weighted by atomic mass is 16.4. The summed E-state index contributed by atoms with van der Waals surface area (Å²) in [4.78, 5) is 14.4. The molecule has 82 valence electrons. The van der Waals surface area contributed by atoms with Gasteiger partial charge in [-0.05, 0) is 18.2 Å². The Hall–Kier alpha value is -1.79. The minimum atomic E-state index is -1.56. The van der Waals surface area contributed by atoms with Crippen LogP contribution in [-0.2, 0) is 0 Å². The summed E-state index contributed by atoms with van der Waals surface area (Å²) < 4.78 is 0. The number of aromatic nitrogens is 1. The molecule has 16 heavy (non-hydrogen) atoms. The molecule has 0 spiro atoms. The summed E-state index contributed by atoms with van der Waals surface area (Å²) in [5.41, 5.74) is 1.47. The second kappa shape index (κ2) is 4.00. The molecule has 0 aliphatic carbocycles. The van der Waals surface area contributed by atoms with E-state index in [0.717, 1.165) is 0 Å². The summed E-state index contributed by atoms with van der Waals surface area (Å²) in [5.74, 6) is -0.205. The van der Waals surface area contributed by atoms with E-state index in [2.05, 4.69) is 10.3 Å². The number of amides is 1. The van der Waals surface area contributed by atoms with E-state index < -0.39 is 7.12 Å². The first-order chi connectivity index (χ1) is 7.63. The molecule has 5 nitrogen and oxygen atoms in total. The zero-order valence-electron chi connectivity index (χ0n) is 8.69. The van der Waals surface area contributed by atoms with Gasteiger partial charge in [-0.2, -0.15) is 0 Å². The van der Waals surface area contributed by atoms with Gasteiger partial charge in [-0.3, -0.25) is 4.79 Å². The number of hydrogen-bond donors (Lipinski definition) is 4. The fourth-order valence-corrected chi connectivity index (χ4v) is 1.65. The van der Waals surface area contributed by atoms with E-state index in [1.54, 1.807) is 31.3 Å². The molecule has 1 aromatic carbocycles. The number of benzene rings is 1. The molecule has 2 rings (SSSR count). The van der Waals surface area contributed by atoms with E-state index in [9.17, 15) is 4.79 Å². The predicted octanol–water partition coefficient (Wildman–Crippen LogP) is -0.793. The van der Waals surface area contributed by atoms with Crippen LogP contribution < -0.4 is 10.9 Å². The monoisotopic (exact) mass is 218 g/mol. The lowest BCUT2D eigenvalue weighted by Gasteiger charge is -2.00. The van der Waals surface area contributed by atoms with Crippen molar-refractivity contribution in [1.82, 2.24) is 10.3 Å². The minimum absolute atomic E-state index is 0.205. The molecule has 0 saturated carbocycles. The van der Waals surface area contributed by atoms with E-state index in [-0.39, 0.29) is 11.5 Å². The lowest BCUT2D eigenvalue weighted by Crippen LogP contribution is -2.30. The van der Waals surface area contributed by atoms with Crippen molar-refractivity contribution in [2.45, 2.75) is 0 Å². The molecule has 2 aromatic rings. The van der Waals surface area contributed by atoms with Gasteiger partial charge in [0.2, 0.25) is 0 Å². The molecule has 0 radical (unpaired) electrons. The molecular weight excluding hydrogens is 207 g/mol. The molecule has 0 saturated heterocycles. The number of aromatic amines is 1. The topological polar surface area (TPSA) is 85.4 Å². The van der Waals surface area contributed by atoms with Gasteiger partial charge in [0.1, 0.15) is 0 Å². The normalized spacial score (nSPS) is 10.4.